The number of amides is 1. The minimum Gasteiger partial charge on any atom is -0.306 e. The molecule has 0 bridgehead atoms. The second-order valence-corrected chi connectivity index (χ2v) is 8.00. The average Bonchev–Trinajstić information content (AvgIpc) is 2.57. The summed E-state index contributed by atoms with van der Waals surface area (Å²) in [5.41, 5.74) is -0.833. The molecule has 27 heavy (non-hydrogen) atoms. The van der Waals surface area contributed by atoms with E-state index in [1.807, 2.05) is 6.07 Å². The molecule has 0 saturated carbocycles. The predicted octanol–water partition coefficient (Wildman–Crippen LogP) is 4.18. The first-order chi connectivity index (χ1) is 12.8. The number of nitrogens with zero attached hydrogens (tertiary/aromatic N) is 2. The molecule has 0 radical (unpaired) electrons. The third-order valence-corrected chi connectivity index (χ3v) is 5.97. The van der Waals surface area contributed by atoms with Gasteiger partial charge in [0.1, 0.15) is 28.8 Å². The summed E-state index contributed by atoms with van der Waals surface area (Å²) >= 11 is 1.63. The number of halogens is 3. The van der Waals surface area contributed by atoms with Crippen LogP contribution in [0, 0.1) is 23.4 Å². The van der Waals surface area contributed by atoms with Crippen LogP contribution in [-0.2, 0) is 0 Å². The van der Waals surface area contributed by atoms with Crippen molar-refractivity contribution in [3.05, 3.63) is 53.3 Å². The topological polar surface area (TPSA) is 45.2 Å². The van der Waals surface area contributed by atoms with E-state index in [0.29, 0.717) is 23.3 Å². The summed E-state index contributed by atoms with van der Waals surface area (Å²) in [6.07, 6.45) is 1.03. The molecule has 2 atom stereocenters. The van der Waals surface area contributed by atoms with Crippen LogP contribution in [0.5, 0.6) is 0 Å². The molecule has 8 heteroatoms. The van der Waals surface area contributed by atoms with E-state index in [2.05, 4.69) is 29.2 Å². The molecule has 1 amide bonds. The lowest BCUT2D eigenvalue weighted by atomic mass is 10.0. The van der Waals surface area contributed by atoms with Gasteiger partial charge in [-0.05, 0) is 38.1 Å². The van der Waals surface area contributed by atoms with Crippen LogP contribution in [-0.4, -0.2) is 41.2 Å². The number of hydrogen-bond acceptors (Lipinski definition) is 4. The van der Waals surface area contributed by atoms with E-state index in [0.717, 1.165) is 24.5 Å². The zero-order valence-electron chi connectivity index (χ0n) is 15.0. The maximum atomic E-state index is 13.8. The van der Waals surface area contributed by atoms with Gasteiger partial charge in [0.15, 0.2) is 0 Å². The van der Waals surface area contributed by atoms with Crippen molar-refractivity contribution in [1.29, 1.82) is 0 Å². The normalized spacial score (nSPS) is 20.5. The third kappa shape index (κ3) is 4.81. The largest absolute Gasteiger partial charge is 0.306 e. The number of anilines is 1. The monoisotopic (exact) mass is 395 g/mol. The van der Waals surface area contributed by atoms with Crippen molar-refractivity contribution in [2.24, 2.45) is 5.92 Å². The van der Waals surface area contributed by atoms with Gasteiger partial charge >= 0.3 is 0 Å². The molecule has 0 spiro atoms. The number of aromatic nitrogens is 1. The van der Waals surface area contributed by atoms with Crippen molar-refractivity contribution in [3.63, 3.8) is 0 Å². The molecule has 1 aromatic heterocycles. The number of nitrogens with one attached hydrogen (secondary N) is 1. The number of carbonyl (C=O) groups is 1. The summed E-state index contributed by atoms with van der Waals surface area (Å²) in [6, 6.07) is 6.05. The van der Waals surface area contributed by atoms with Crippen LogP contribution >= 0.6 is 11.8 Å². The van der Waals surface area contributed by atoms with Gasteiger partial charge in [0.25, 0.3) is 5.91 Å². The van der Waals surface area contributed by atoms with Gasteiger partial charge in [0, 0.05) is 23.9 Å². The highest BCUT2D eigenvalue weighted by Crippen LogP contribution is 2.32. The molecule has 4 nitrogen and oxygen atoms in total. The van der Waals surface area contributed by atoms with Crippen molar-refractivity contribution < 1.29 is 18.0 Å². The maximum Gasteiger partial charge on any atom is 0.262 e. The van der Waals surface area contributed by atoms with Gasteiger partial charge in [-0.3, -0.25) is 4.79 Å². The van der Waals surface area contributed by atoms with Crippen LogP contribution < -0.4 is 5.32 Å². The van der Waals surface area contributed by atoms with Gasteiger partial charge in [-0.2, -0.15) is 0 Å². The van der Waals surface area contributed by atoms with Crippen molar-refractivity contribution in [2.45, 2.75) is 23.6 Å². The number of hydrogen-bond donors (Lipinski definition) is 1. The smallest absolute Gasteiger partial charge is 0.262 e. The first kappa shape index (κ1) is 19.7. The second-order valence-electron chi connectivity index (χ2n) is 6.74. The van der Waals surface area contributed by atoms with Crippen molar-refractivity contribution in [1.82, 2.24) is 9.88 Å². The molecule has 1 saturated heterocycles. The fourth-order valence-electron chi connectivity index (χ4n) is 3.15. The van der Waals surface area contributed by atoms with Crippen molar-refractivity contribution >= 4 is 23.5 Å². The van der Waals surface area contributed by atoms with Gasteiger partial charge in [-0.15, -0.1) is 11.8 Å². The summed E-state index contributed by atoms with van der Waals surface area (Å²) in [5, 5.41) is 3.52. The summed E-state index contributed by atoms with van der Waals surface area (Å²) in [5.74, 6) is -3.91. The molecule has 1 aromatic carbocycles. The summed E-state index contributed by atoms with van der Waals surface area (Å²) in [4.78, 5) is 18.8. The Morgan fingerprint density at radius 1 is 1.26 bits per heavy atom. The Kier molecular flexibility index (Phi) is 6.06. The number of benzene rings is 1. The molecule has 1 aliphatic rings. The molecule has 3 rings (SSSR count). The minimum atomic E-state index is -1.25. The van der Waals surface area contributed by atoms with Crippen molar-refractivity contribution in [2.75, 3.05) is 25.5 Å². The lowest BCUT2D eigenvalue weighted by Gasteiger charge is -2.34. The Morgan fingerprint density at radius 2 is 1.96 bits per heavy atom. The van der Waals surface area contributed by atoms with E-state index < -0.39 is 28.9 Å². The average molecular weight is 395 g/mol. The van der Waals surface area contributed by atoms with E-state index in [4.69, 9.17) is 0 Å². The van der Waals surface area contributed by atoms with Gasteiger partial charge in [0.05, 0.1) is 5.03 Å². The van der Waals surface area contributed by atoms with E-state index in [-0.39, 0.29) is 5.82 Å². The van der Waals surface area contributed by atoms with Gasteiger partial charge in [-0.1, -0.05) is 13.0 Å². The summed E-state index contributed by atoms with van der Waals surface area (Å²) < 4.78 is 40.5. The van der Waals surface area contributed by atoms with Gasteiger partial charge < -0.3 is 10.2 Å². The van der Waals surface area contributed by atoms with Gasteiger partial charge in [0.2, 0.25) is 0 Å². The van der Waals surface area contributed by atoms with E-state index in [1.54, 1.807) is 23.9 Å². The highest BCUT2D eigenvalue weighted by atomic mass is 32.2. The number of likely N-dealkylation sites (tertiary alicyclic amines) is 1. The number of thioether (sulfide) groups is 1. The van der Waals surface area contributed by atoms with Crippen LogP contribution in [0.25, 0.3) is 0 Å². The molecule has 144 valence electrons. The van der Waals surface area contributed by atoms with Crippen LogP contribution in [0.15, 0.2) is 35.4 Å². The SMILES string of the molecule is CC1CN(C)CCC1Sc1cccc(NC(=O)c2c(F)cc(F)cc2F)n1. The highest BCUT2D eigenvalue weighted by Gasteiger charge is 2.25. The maximum absolute atomic E-state index is 13.8. The molecule has 2 unspecified atom stereocenters. The Bertz CT molecular complexity index is 826. The van der Waals surface area contributed by atoms with Crippen LogP contribution in [0.2, 0.25) is 0 Å². The molecule has 2 heterocycles. The molecule has 1 fully saturated rings. The first-order valence-corrected chi connectivity index (χ1v) is 9.49. The van der Waals surface area contributed by atoms with Crippen LogP contribution in [0.3, 0.4) is 0 Å². The number of carbonyl (C=O) groups excluding carboxylic acids is 1. The predicted molar refractivity (Wildman–Crippen MR) is 99.4 cm³/mol. The summed E-state index contributed by atoms with van der Waals surface area (Å²) in [7, 11) is 2.10. The minimum absolute atomic E-state index is 0.189. The Balaban J connectivity index is 1.72. The lowest BCUT2D eigenvalue weighted by Crippen LogP contribution is -2.38. The zero-order valence-corrected chi connectivity index (χ0v) is 15.8. The molecular weight excluding hydrogens is 375 g/mol. The number of pyridine rings is 1. The van der Waals surface area contributed by atoms with Gasteiger partial charge in [-0.25, -0.2) is 18.2 Å². The molecule has 1 aliphatic heterocycles. The standard InChI is InChI=1S/C19H20F3N3OS/c1-11-10-25(2)7-6-15(11)27-17-5-3-4-16(23-17)24-19(26)18-13(21)8-12(20)9-14(18)22/h3-5,8-9,11,15H,6-7,10H2,1-2H3,(H,23,24,26). The highest BCUT2D eigenvalue weighted by molar-refractivity contribution is 7.99. The van der Waals surface area contributed by atoms with E-state index in [1.165, 1.54) is 0 Å². The van der Waals surface area contributed by atoms with Crippen LogP contribution in [0.1, 0.15) is 23.7 Å². The zero-order chi connectivity index (χ0) is 19.6. The quantitative estimate of drug-likeness (QED) is 0.844. The van der Waals surface area contributed by atoms with Crippen molar-refractivity contribution in [3.8, 4) is 0 Å². The fraction of sp³-hybridized carbons (Fsp3) is 0.368. The second kappa shape index (κ2) is 8.31. The molecule has 1 N–H and O–H groups in total. The fourth-order valence-corrected chi connectivity index (χ4v) is 4.31. The summed E-state index contributed by atoms with van der Waals surface area (Å²) in [6.45, 7) is 4.22. The van der Waals surface area contributed by atoms with Crippen LogP contribution in [0.4, 0.5) is 19.0 Å². The molecule has 2 aromatic rings. The number of rotatable bonds is 4. The molecular formula is C19H20F3N3OS. The first-order valence-electron chi connectivity index (χ1n) is 8.61. The number of piperidine rings is 1. The third-order valence-electron chi connectivity index (χ3n) is 4.50. The Morgan fingerprint density at radius 3 is 2.63 bits per heavy atom. The Labute approximate surface area is 160 Å². The Hall–Kier alpha value is -2.06. The lowest BCUT2D eigenvalue weighted by molar-refractivity contribution is 0.101. The van der Waals surface area contributed by atoms with E-state index >= 15 is 0 Å². The molecule has 0 aliphatic carbocycles. The van der Waals surface area contributed by atoms with E-state index in [9.17, 15) is 18.0 Å².